The molecule has 1 saturated carbocycles. The van der Waals surface area contributed by atoms with Crippen LogP contribution in [0.3, 0.4) is 0 Å². The fourth-order valence-electron chi connectivity index (χ4n) is 4.33. The molecule has 10 nitrogen and oxygen atoms in total. The molecule has 0 aliphatic heterocycles. The lowest BCUT2D eigenvalue weighted by Crippen LogP contribution is -2.50. The molecule has 3 rings (SSSR count). The van der Waals surface area contributed by atoms with Gasteiger partial charge in [0, 0.05) is 31.2 Å². The molecule has 0 bridgehead atoms. The number of amides is 2. The minimum Gasteiger partial charge on any atom is -0.444 e. The summed E-state index contributed by atoms with van der Waals surface area (Å²) >= 11 is 0. The van der Waals surface area contributed by atoms with Crippen molar-refractivity contribution in [2.75, 3.05) is 24.2 Å². The summed E-state index contributed by atoms with van der Waals surface area (Å²) in [4.78, 5) is 35.7. The number of benzene rings is 1. The second kappa shape index (κ2) is 14.4. The third-order valence-corrected chi connectivity index (χ3v) is 6.65. The highest BCUT2D eigenvalue weighted by molar-refractivity contribution is 5.85. The first-order valence-electron chi connectivity index (χ1n) is 14.1. The number of carbonyl (C=O) groups excluding carboxylic acids is 2. The smallest absolute Gasteiger partial charge is 0.410 e. The number of carbonyl (C=O) groups is 2. The molecule has 1 aromatic carbocycles. The predicted octanol–water partition coefficient (Wildman–Crippen LogP) is 5.20. The molecule has 0 unspecified atom stereocenters. The van der Waals surface area contributed by atoms with Crippen molar-refractivity contribution in [3.63, 3.8) is 0 Å². The number of nitriles is 1. The molecular weight excluding hydrogens is 518 g/mol. The topological polar surface area (TPSA) is 132 Å². The minimum absolute atomic E-state index is 0.0188. The van der Waals surface area contributed by atoms with Crippen molar-refractivity contribution < 1.29 is 14.3 Å². The second-order valence-electron chi connectivity index (χ2n) is 11.3. The molecule has 0 spiro atoms. The molecule has 1 aromatic heterocycles. The van der Waals surface area contributed by atoms with E-state index in [9.17, 15) is 9.59 Å². The van der Waals surface area contributed by atoms with E-state index in [0.717, 1.165) is 44.3 Å². The summed E-state index contributed by atoms with van der Waals surface area (Å²) in [5.41, 5.74) is 1.35. The molecule has 2 aromatic rings. The van der Waals surface area contributed by atoms with Gasteiger partial charge in [0.25, 0.3) is 0 Å². The lowest BCUT2D eigenvalue weighted by molar-refractivity contribution is -0.126. The van der Waals surface area contributed by atoms with E-state index in [1.807, 2.05) is 6.07 Å². The van der Waals surface area contributed by atoms with Gasteiger partial charge in [-0.1, -0.05) is 31.3 Å². The lowest BCUT2D eigenvalue weighted by Gasteiger charge is -2.31. The number of hydrogen-bond donors (Lipinski definition) is 3. The standard InChI is InChI=1S/C31H41N7O3/c1-7-16-33-27-24(20-34-29(37-27)36-26-13-9-11-23(18-26)19-32)15-14-22-10-8-12-25(17-22)35-28(39)21(2)38(6)30(40)41-31(3,4)5/h9,11,13,18,20-22,25H,7-8,10,12,16-17H2,1-6H3,(H,35,39)(H2,33,34,36,37)/t21-,22-,25-/m0/s1. The maximum absolute atomic E-state index is 12.9. The molecule has 2 amide bonds. The summed E-state index contributed by atoms with van der Waals surface area (Å²) < 4.78 is 5.39. The number of anilines is 3. The zero-order valence-electron chi connectivity index (χ0n) is 24.9. The molecule has 3 N–H and O–H groups in total. The second-order valence-corrected chi connectivity index (χ2v) is 11.3. The van der Waals surface area contributed by atoms with Gasteiger partial charge >= 0.3 is 6.09 Å². The Morgan fingerprint density at radius 3 is 2.76 bits per heavy atom. The summed E-state index contributed by atoms with van der Waals surface area (Å²) in [6.07, 6.45) is 5.59. The zero-order valence-corrected chi connectivity index (χ0v) is 24.9. The van der Waals surface area contributed by atoms with Crippen LogP contribution in [0.2, 0.25) is 0 Å². The van der Waals surface area contributed by atoms with Crippen molar-refractivity contribution >= 4 is 29.5 Å². The van der Waals surface area contributed by atoms with E-state index in [-0.39, 0.29) is 17.9 Å². The van der Waals surface area contributed by atoms with Crippen LogP contribution in [-0.4, -0.2) is 58.1 Å². The average molecular weight is 560 g/mol. The highest BCUT2D eigenvalue weighted by Crippen LogP contribution is 2.25. The molecule has 0 radical (unpaired) electrons. The van der Waals surface area contributed by atoms with Gasteiger partial charge < -0.3 is 20.7 Å². The number of nitrogens with zero attached hydrogens (tertiary/aromatic N) is 4. The van der Waals surface area contributed by atoms with Gasteiger partial charge in [0.05, 0.1) is 23.4 Å². The normalized spacial score (nSPS) is 17.2. The van der Waals surface area contributed by atoms with E-state index in [1.54, 1.807) is 59.1 Å². The number of likely N-dealkylation sites (N-methyl/N-ethyl adjacent to an activating group) is 1. The van der Waals surface area contributed by atoms with E-state index in [1.165, 1.54) is 4.90 Å². The van der Waals surface area contributed by atoms with Crippen LogP contribution >= 0.6 is 0 Å². The summed E-state index contributed by atoms with van der Waals surface area (Å²) in [6.45, 7) is 9.90. The number of nitrogens with one attached hydrogen (secondary N) is 3. The highest BCUT2D eigenvalue weighted by Gasteiger charge is 2.29. The van der Waals surface area contributed by atoms with Crippen LogP contribution < -0.4 is 16.0 Å². The van der Waals surface area contributed by atoms with Crippen LogP contribution in [-0.2, 0) is 9.53 Å². The first kappa shape index (κ1) is 31.2. The van der Waals surface area contributed by atoms with Crippen molar-refractivity contribution in [1.82, 2.24) is 20.2 Å². The fraction of sp³-hybridized carbons (Fsp3) is 0.516. The molecule has 218 valence electrons. The summed E-state index contributed by atoms with van der Waals surface area (Å²) in [5, 5.41) is 18.7. The Balaban J connectivity index is 1.66. The Morgan fingerprint density at radius 2 is 2.05 bits per heavy atom. The van der Waals surface area contributed by atoms with Crippen molar-refractivity contribution in [2.24, 2.45) is 5.92 Å². The van der Waals surface area contributed by atoms with Crippen LogP contribution in [0.1, 0.15) is 77.8 Å². The van der Waals surface area contributed by atoms with E-state index >= 15 is 0 Å². The van der Waals surface area contributed by atoms with Gasteiger partial charge in [-0.15, -0.1) is 0 Å². The van der Waals surface area contributed by atoms with Crippen LogP contribution in [0.5, 0.6) is 0 Å². The van der Waals surface area contributed by atoms with E-state index in [4.69, 9.17) is 10.00 Å². The van der Waals surface area contributed by atoms with Gasteiger partial charge in [0.15, 0.2) is 0 Å². The molecule has 1 heterocycles. The van der Waals surface area contributed by atoms with Crippen LogP contribution in [0, 0.1) is 29.1 Å². The fourth-order valence-corrected chi connectivity index (χ4v) is 4.33. The summed E-state index contributed by atoms with van der Waals surface area (Å²) in [6, 6.07) is 8.59. The Bertz CT molecular complexity index is 1320. The van der Waals surface area contributed by atoms with Crippen molar-refractivity contribution in [3.8, 4) is 17.9 Å². The zero-order chi connectivity index (χ0) is 30.0. The molecular formula is C31H41N7O3. The third-order valence-electron chi connectivity index (χ3n) is 6.65. The quantitative estimate of drug-likeness (QED) is 0.376. The number of hydrogen-bond acceptors (Lipinski definition) is 8. The average Bonchev–Trinajstić information content (AvgIpc) is 2.94. The van der Waals surface area contributed by atoms with Crippen molar-refractivity contribution in [1.29, 1.82) is 5.26 Å². The first-order valence-corrected chi connectivity index (χ1v) is 14.1. The molecule has 41 heavy (non-hydrogen) atoms. The molecule has 3 atom stereocenters. The minimum atomic E-state index is -0.657. The van der Waals surface area contributed by atoms with Crippen molar-refractivity contribution in [2.45, 2.75) is 84.4 Å². The molecule has 1 fully saturated rings. The third kappa shape index (κ3) is 9.68. The largest absolute Gasteiger partial charge is 0.444 e. The SMILES string of the molecule is CCCNc1nc(Nc2cccc(C#N)c2)ncc1C#C[C@@H]1CCC[C@H](NC(=O)[C@H](C)N(C)C(=O)OC(C)(C)C)C1. The Kier molecular flexibility index (Phi) is 10.9. The summed E-state index contributed by atoms with van der Waals surface area (Å²) in [7, 11) is 1.57. The van der Waals surface area contributed by atoms with Crippen LogP contribution in [0.25, 0.3) is 0 Å². The van der Waals surface area contributed by atoms with E-state index < -0.39 is 17.7 Å². The van der Waals surface area contributed by atoms with Crippen LogP contribution in [0.4, 0.5) is 22.2 Å². The maximum Gasteiger partial charge on any atom is 0.410 e. The Morgan fingerprint density at radius 1 is 1.27 bits per heavy atom. The van der Waals surface area contributed by atoms with E-state index in [2.05, 4.69) is 50.8 Å². The summed E-state index contributed by atoms with van der Waals surface area (Å²) in [5.74, 6) is 7.60. The monoisotopic (exact) mass is 559 g/mol. The number of rotatable bonds is 8. The van der Waals surface area contributed by atoms with Gasteiger partial charge in [-0.3, -0.25) is 9.69 Å². The van der Waals surface area contributed by atoms with Gasteiger partial charge in [0.2, 0.25) is 11.9 Å². The first-order chi connectivity index (χ1) is 19.5. The molecule has 0 saturated heterocycles. The molecule has 10 heteroatoms. The molecule has 1 aliphatic rings. The maximum atomic E-state index is 12.9. The van der Waals surface area contributed by atoms with Gasteiger partial charge in [-0.05, 0) is 71.6 Å². The van der Waals surface area contributed by atoms with Crippen molar-refractivity contribution in [3.05, 3.63) is 41.6 Å². The lowest BCUT2D eigenvalue weighted by atomic mass is 9.86. The van der Waals surface area contributed by atoms with Gasteiger partial charge in [0.1, 0.15) is 17.5 Å². The van der Waals surface area contributed by atoms with Gasteiger partial charge in [-0.25, -0.2) is 9.78 Å². The Hall–Kier alpha value is -4.31. The highest BCUT2D eigenvalue weighted by atomic mass is 16.6. The van der Waals surface area contributed by atoms with Gasteiger partial charge in [-0.2, -0.15) is 10.2 Å². The number of aromatic nitrogens is 2. The van der Waals surface area contributed by atoms with E-state index in [0.29, 0.717) is 22.9 Å². The number of ether oxygens (including phenoxy) is 1. The van der Waals surface area contributed by atoms with Crippen LogP contribution in [0.15, 0.2) is 30.5 Å². The predicted molar refractivity (Wildman–Crippen MR) is 159 cm³/mol. The Labute approximate surface area is 243 Å². The molecule has 1 aliphatic carbocycles.